The monoisotopic (exact) mass is 280 g/mol. The molecule has 0 aliphatic rings. The highest BCUT2D eigenvalue weighted by Gasteiger charge is 2.11. The molecule has 0 saturated carbocycles. The van der Waals surface area contributed by atoms with Gasteiger partial charge in [-0.25, -0.2) is 4.39 Å². The van der Waals surface area contributed by atoms with Gasteiger partial charge in [0.05, 0.1) is 0 Å². The van der Waals surface area contributed by atoms with Gasteiger partial charge in [-0.2, -0.15) is 0 Å². The Balaban J connectivity index is 2.58. The summed E-state index contributed by atoms with van der Waals surface area (Å²) >= 11 is 3.67. The average molecular weight is 281 g/mol. The van der Waals surface area contributed by atoms with Gasteiger partial charge in [0.2, 0.25) is 0 Å². The molecule has 0 fully saturated rings. The minimum Gasteiger partial charge on any atom is -0.206 e. The van der Waals surface area contributed by atoms with E-state index in [0.717, 1.165) is 18.2 Å². The van der Waals surface area contributed by atoms with Gasteiger partial charge in [-0.3, -0.25) is 0 Å². The van der Waals surface area contributed by atoms with Crippen LogP contribution in [0.5, 0.6) is 0 Å². The lowest BCUT2D eigenvalue weighted by molar-refractivity contribution is 0.639. The van der Waals surface area contributed by atoms with Crippen molar-refractivity contribution in [3.05, 3.63) is 47.8 Å². The molecule has 2 aromatic rings. The lowest BCUT2D eigenvalue weighted by Gasteiger charge is -2.12. The first-order valence-corrected chi connectivity index (χ1v) is 6.46. The summed E-state index contributed by atoms with van der Waals surface area (Å²) in [5, 5.41) is 1.72. The molecule has 0 heterocycles. The summed E-state index contributed by atoms with van der Waals surface area (Å²) in [5.41, 5.74) is 1.18. The number of hydrogen-bond donors (Lipinski definition) is 0. The third-order valence-corrected chi connectivity index (χ3v) is 3.74. The molecule has 0 radical (unpaired) electrons. The van der Waals surface area contributed by atoms with Crippen molar-refractivity contribution in [2.24, 2.45) is 0 Å². The van der Waals surface area contributed by atoms with Gasteiger partial charge in [-0.1, -0.05) is 59.6 Å². The van der Waals surface area contributed by atoms with Crippen molar-refractivity contribution in [3.63, 3.8) is 0 Å². The molecule has 0 spiro atoms. The molecule has 2 aromatic carbocycles. The zero-order valence-corrected chi connectivity index (χ0v) is 10.8. The van der Waals surface area contributed by atoms with Gasteiger partial charge in [-0.15, -0.1) is 0 Å². The van der Waals surface area contributed by atoms with Gasteiger partial charge in [0, 0.05) is 10.2 Å². The van der Waals surface area contributed by atoms with Crippen LogP contribution in [-0.4, -0.2) is 0 Å². The molecule has 1 unspecified atom stereocenters. The zero-order chi connectivity index (χ0) is 11.5. The highest BCUT2D eigenvalue weighted by atomic mass is 79.9. The largest absolute Gasteiger partial charge is 0.206 e. The van der Waals surface area contributed by atoms with Crippen molar-refractivity contribution in [1.29, 1.82) is 0 Å². The van der Waals surface area contributed by atoms with E-state index in [1.807, 2.05) is 30.3 Å². The van der Waals surface area contributed by atoms with Gasteiger partial charge in [0.1, 0.15) is 5.82 Å². The molecule has 1 atom stereocenters. The molecular formula is C14H14BrF. The molecule has 16 heavy (non-hydrogen) atoms. The molecule has 0 saturated heterocycles. The Morgan fingerprint density at radius 1 is 1.12 bits per heavy atom. The maximum atomic E-state index is 13.6. The standard InChI is InChI=1S/C14H14BrF/c1-2-5-13(15)11-8-9-14(16)12-7-4-3-6-10(11)12/h3-4,6-9,13H,2,5H2,1H3. The van der Waals surface area contributed by atoms with E-state index >= 15 is 0 Å². The van der Waals surface area contributed by atoms with E-state index in [9.17, 15) is 4.39 Å². The molecule has 84 valence electrons. The van der Waals surface area contributed by atoms with E-state index in [-0.39, 0.29) is 5.82 Å². The SMILES string of the molecule is CCCC(Br)c1ccc(F)c2ccccc12. The maximum Gasteiger partial charge on any atom is 0.131 e. The lowest BCUT2D eigenvalue weighted by Crippen LogP contribution is -1.92. The molecule has 0 bridgehead atoms. The van der Waals surface area contributed by atoms with Gasteiger partial charge >= 0.3 is 0 Å². The molecule has 0 aromatic heterocycles. The minimum atomic E-state index is -0.143. The summed E-state index contributed by atoms with van der Waals surface area (Å²) in [6, 6.07) is 11.1. The predicted molar refractivity (Wildman–Crippen MR) is 70.5 cm³/mol. The normalized spacial score (nSPS) is 12.9. The van der Waals surface area contributed by atoms with Crippen LogP contribution in [-0.2, 0) is 0 Å². The lowest BCUT2D eigenvalue weighted by atomic mass is 10.00. The quantitative estimate of drug-likeness (QED) is 0.677. The van der Waals surface area contributed by atoms with Crippen LogP contribution in [0.3, 0.4) is 0 Å². The van der Waals surface area contributed by atoms with E-state index in [4.69, 9.17) is 0 Å². The Bertz CT molecular complexity index is 493. The molecule has 2 heteroatoms. The first kappa shape index (κ1) is 11.6. The number of rotatable bonds is 3. The fraction of sp³-hybridized carbons (Fsp3) is 0.286. The van der Waals surface area contributed by atoms with E-state index < -0.39 is 0 Å². The van der Waals surface area contributed by atoms with Crippen LogP contribution in [0.1, 0.15) is 30.2 Å². The molecule has 2 rings (SSSR count). The average Bonchev–Trinajstić information content (AvgIpc) is 2.30. The number of fused-ring (bicyclic) bond motifs is 1. The smallest absolute Gasteiger partial charge is 0.131 e. The first-order valence-electron chi connectivity index (χ1n) is 5.55. The van der Waals surface area contributed by atoms with Crippen LogP contribution in [0.15, 0.2) is 36.4 Å². The Labute approximate surface area is 104 Å². The third-order valence-electron chi connectivity index (χ3n) is 2.78. The highest BCUT2D eigenvalue weighted by molar-refractivity contribution is 9.09. The molecule has 0 aliphatic heterocycles. The Hall–Kier alpha value is -0.890. The zero-order valence-electron chi connectivity index (χ0n) is 9.21. The number of benzene rings is 2. The fourth-order valence-electron chi connectivity index (χ4n) is 1.97. The number of halogens is 2. The van der Waals surface area contributed by atoms with E-state index in [1.54, 1.807) is 6.07 Å². The number of alkyl halides is 1. The summed E-state index contributed by atoms with van der Waals surface area (Å²) in [6.07, 6.45) is 2.18. The van der Waals surface area contributed by atoms with Crippen molar-refractivity contribution in [3.8, 4) is 0 Å². The summed E-state index contributed by atoms with van der Waals surface area (Å²) < 4.78 is 13.6. The molecular weight excluding hydrogens is 267 g/mol. The van der Waals surface area contributed by atoms with Crippen LogP contribution in [0.2, 0.25) is 0 Å². The minimum absolute atomic E-state index is 0.143. The Kier molecular flexibility index (Phi) is 3.59. The molecule has 0 amide bonds. The van der Waals surface area contributed by atoms with Crippen molar-refractivity contribution in [2.75, 3.05) is 0 Å². The second kappa shape index (κ2) is 4.96. The van der Waals surface area contributed by atoms with Crippen LogP contribution in [0.4, 0.5) is 4.39 Å². The third kappa shape index (κ3) is 2.12. The topological polar surface area (TPSA) is 0 Å². The van der Waals surface area contributed by atoms with Crippen molar-refractivity contribution >= 4 is 26.7 Å². The predicted octanol–water partition coefficient (Wildman–Crippen LogP) is 5.22. The Morgan fingerprint density at radius 3 is 2.50 bits per heavy atom. The second-order valence-corrected chi connectivity index (χ2v) is 5.04. The van der Waals surface area contributed by atoms with Gasteiger partial charge < -0.3 is 0 Å². The maximum absolute atomic E-state index is 13.6. The van der Waals surface area contributed by atoms with E-state index in [1.165, 1.54) is 5.56 Å². The van der Waals surface area contributed by atoms with Gasteiger partial charge in [0.25, 0.3) is 0 Å². The first-order chi connectivity index (χ1) is 7.74. The molecule has 0 nitrogen and oxygen atoms in total. The summed E-state index contributed by atoms with van der Waals surface area (Å²) in [6.45, 7) is 2.15. The van der Waals surface area contributed by atoms with Gasteiger partial charge in [-0.05, 0) is 23.4 Å². The molecule has 0 aliphatic carbocycles. The van der Waals surface area contributed by atoms with Crippen LogP contribution < -0.4 is 0 Å². The van der Waals surface area contributed by atoms with Crippen molar-refractivity contribution in [1.82, 2.24) is 0 Å². The van der Waals surface area contributed by atoms with E-state index in [2.05, 4.69) is 22.9 Å². The molecule has 0 N–H and O–H groups in total. The van der Waals surface area contributed by atoms with Crippen LogP contribution in [0, 0.1) is 5.82 Å². The summed E-state index contributed by atoms with van der Waals surface area (Å²) in [7, 11) is 0. The summed E-state index contributed by atoms with van der Waals surface area (Å²) in [4.78, 5) is 0.308. The highest BCUT2D eigenvalue weighted by Crippen LogP contribution is 2.34. The van der Waals surface area contributed by atoms with Crippen LogP contribution in [0.25, 0.3) is 10.8 Å². The van der Waals surface area contributed by atoms with Crippen LogP contribution >= 0.6 is 15.9 Å². The summed E-state index contributed by atoms with van der Waals surface area (Å²) in [5.74, 6) is -0.143. The van der Waals surface area contributed by atoms with Crippen molar-refractivity contribution < 1.29 is 4.39 Å². The second-order valence-electron chi connectivity index (χ2n) is 3.94. The fourth-order valence-corrected chi connectivity index (χ4v) is 2.82. The van der Waals surface area contributed by atoms with E-state index in [0.29, 0.717) is 10.2 Å². The number of hydrogen-bond acceptors (Lipinski definition) is 0. The Morgan fingerprint density at radius 2 is 1.81 bits per heavy atom. The van der Waals surface area contributed by atoms with Crippen molar-refractivity contribution in [2.45, 2.75) is 24.6 Å². The van der Waals surface area contributed by atoms with Gasteiger partial charge in [0.15, 0.2) is 0 Å².